The van der Waals surface area contributed by atoms with E-state index < -0.39 is 0 Å². The molecular formula is C10H17N. The minimum Gasteiger partial charge on any atom is -0.305 e. The quantitative estimate of drug-likeness (QED) is 0.478. The molecule has 1 aliphatic carbocycles. The number of hydrogen-bond acceptors (Lipinski definition) is 1. The Morgan fingerprint density at radius 1 is 1.45 bits per heavy atom. The van der Waals surface area contributed by atoms with Crippen LogP contribution >= 0.6 is 0 Å². The third-order valence-electron chi connectivity index (χ3n) is 3.21. The summed E-state index contributed by atoms with van der Waals surface area (Å²) >= 11 is 0. The summed E-state index contributed by atoms with van der Waals surface area (Å²) < 4.78 is 0. The van der Waals surface area contributed by atoms with Crippen molar-refractivity contribution in [1.29, 1.82) is 0 Å². The second kappa shape index (κ2) is 2.63. The Balaban J connectivity index is 2.14. The molecule has 0 bridgehead atoms. The molecule has 1 heteroatoms. The van der Waals surface area contributed by atoms with Crippen LogP contribution in [0.2, 0.25) is 0 Å². The molecule has 0 amide bonds. The van der Waals surface area contributed by atoms with E-state index in [1.807, 2.05) is 0 Å². The van der Waals surface area contributed by atoms with Crippen molar-refractivity contribution in [1.82, 2.24) is 4.90 Å². The van der Waals surface area contributed by atoms with Crippen molar-refractivity contribution in [3.05, 3.63) is 11.6 Å². The molecule has 2 rings (SSSR count). The highest BCUT2D eigenvalue weighted by Gasteiger charge is 2.32. The Labute approximate surface area is 69.1 Å². The molecule has 11 heavy (non-hydrogen) atoms. The predicted octanol–water partition coefficient (Wildman–Crippen LogP) is 1.90. The summed E-state index contributed by atoms with van der Waals surface area (Å²) in [6.45, 7) is 4.93. The number of likely N-dealkylation sites (tertiary alicyclic amines) is 1. The maximum Gasteiger partial charge on any atom is 0.00471 e. The standard InChI is InChI=1S/C10H17N/c1-8-4-3-5-9-6-11(2)7-10(8)9/h4,9-10H,3,5-7H2,1-2H3. The molecule has 62 valence electrons. The molecule has 2 aliphatic rings. The van der Waals surface area contributed by atoms with Crippen molar-refractivity contribution in [3.63, 3.8) is 0 Å². The van der Waals surface area contributed by atoms with E-state index in [9.17, 15) is 0 Å². The summed E-state index contributed by atoms with van der Waals surface area (Å²) in [6, 6.07) is 0. The van der Waals surface area contributed by atoms with Gasteiger partial charge in [-0.1, -0.05) is 11.6 Å². The minimum absolute atomic E-state index is 0.897. The summed E-state index contributed by atoms with van der Waals surface area (Å²) in [4.78, 5) is 2.47. The Morgan fingerprint density at radius 2 is 2.27 bits per heavy atom. The Kier molecular flexibility index (Phi) is 1.76. The average molecular weight is 151 g/mol. The molecule has 0 saturated carbocycles. The van der Waals surface area contributed by atoms with Crippen molar-refractivity contribution in [3.8, 4) is 0 Å². The Hall–Kier alpha value is -0.300. The molecule has 0 spiro atoms. The van der Waals surface area contributed by atoms with E-state index in [0.717, 1.165) is 11.8 Å². The number of nitrogens with zero attached hydrogens (tertiary/aromatic N) is 1. The lowest BCUT2D eigenvalue weighted by atomic mass is 9.82. The van der Waals surface area contributed by atoms with Gasteiger partial charge >= 0.3 is 0 Å². The number of allylic oxidation sites excluding steroid dienone is 1. The van der Waals surface area contributed by atoms with Crippen LogP contribution in [0, 0.1) is 11.8 Å². The van der Waals surface area contributed by atoms with Crippen LogP contribution in [0.15, 0.2) is 11.6 Å². The summed E-state index contributed by atoms with van der Waals surface area (Å²) in [7, 11) is 2.24. The van der Waals surface area contributed by atoms with Crippen LogP contribution in [-0.2, 0) is 0 Å². The van der Waals surface area contributed by atoms with Gasteiger partial charge in [-0.2, -0.15) is 0 Å². The minimum atomic E-state index is 0.897. The van der Waals surface area contributed by atoms with Gasteiger partial charge in [-0.05, 0) is 38.6 Å². The van der Waals surface area contributed by atoms with E-state index in [1.54, 1.807) is 5.57 Å². The highest BCUT2D eigenvalue weighted by atomic mass is 15.1. The molecule has 0 aromatic heterocycles. The van der Waals surface area contributed by atoms with E-state index in [4.69, 9.17) is 0 Å². The van der Waals surface area contributed by atoms with Crippen molar-refractivity contribution < 1.29 is 0 Å². The zero-order valence-corrected chi connectivity index (χ0v) is 7.51. The van der Waals surface area contributed by atoms with E-state index in [0.29, 0.717) is 0 Å². The molecule has 0 aromatic carbocycles. The molecule has 0 aromatic rings. The third-order valence-corrected chi connectivity index (χ3v) is 3.21. The van der Waals surface area contributed by atoms with Crippen LogP contribution in [0.25, 0.3) is 0 Å². The number of fused-ring (bicyclic) bond motifs is 1. The first kappa shape index (κ1) is 7.35. The van der Waals surface area contributed by atoms with Gasteiger partial charge in [0.2, 0.25) is 0 Å². The van der Waals surface area contributed by atoms with E-state index >= 15 is 0 Å². The predicted molar refractivity (Wildman–Crippen MR) is 47.5 cm³/mol. The lowest BCUT2D eigenvalue weighted by Gasteiger charge is -2.23. The normalized spacial score (nSPS) is 38.5. The van der Waals surface area contributed by atoms with Crippen LogP contribution < -0.4 is 0 Å². The van der Waals surface area contributed by atoms with E-state index in [1.165, 1.54) is 25.9 Å². The molecule has 2 atom stereocenters. The molecule has 1 saturated heterocycles. The molecule has 0 radical (unpaired) electrons. The maximum atomic E-state index is 2.47. The monoisotopic (exact) mass is 151 g/mol. The molecular weight excluding hydrogens is 134 g/mol. The highest BCUT2D eigenvalue weighted by molar-refractivity contribution is 5.12. The highest BCUT2D eigenvalue weighted by Crippen LogP contribution is 2.35. The first-order valence-corrected chi connectivity index (χ1v) is 4.62. The molecule has 2 unspecified atom stereocenters. The van der Waals surface area contributed by atoms with Crippen molar-refractivity contribution >= 4 is 0 Å². The fourth-order valence-electron chi connectivity index (χ4n) is 2.57. The van der Waals surface area contributed by atoms with Crippen LogP contribution in [0.1, 0.15) is 19.8 Å². The summed E-state index contributed by atoms with van der Waals surface area (Å²) in [5, 5.41) is 0. The number of hydrogen-bond donors (Lipinski definition) is 0. The van der Waals surface area contributed by atoms with E-state index in [-0.39, 0.29) is 0 Å². The van der Waals surface area contributed by atoms with Crippen molar-refractivity contribution in [2.45, 2.75) is 19.8 Å². The fraction of sp³-hybridized carbons (Fsp3) is 0.800. The van der Waals surface area contributed by atoms with Gasteiger partial charge in [0.05, 0.1) is 0 Å². The van der Waals surface area contributed by atoms with Gasteiger partial charge in [-0.25, -0.2) is 0 Å². The second-order valence-corrected chi connectivity index (χ2v) is 4.11. The summed E-state index contributed by atoms with van der Waals surface area (Å²) in [5.41, 5.74) is 1.64. The topological polar surface area (TPSA) is 3.24 Å². The van der Waals surface area contributed by atoms with Gasteiger partial charge in [0.25, 0.3) is 0 Å². The largest absolute Gasteiger partial charge is 0.305 e. The van der Waals surface area contributed by atoms with Gasteiger partial charge < -0.3 is 4.90 Å². The lowest BCUT2D eigenvalue weighted by Crippen LogP contribution is -2.16. The molecule has 0 N–H and O–H groups in total. The molecule has 1 aliphatic heterocycles. The smallest absolute Gasteiger partial charge is 0.00471 e. The zero-order chi connectivity index (χ0) is 7.84. The molecule has 1 heterocycles. The Bertz CT molecular complexity index is 183. The average Bonchev–Trinajstić information content (AvgIpc) is 2.31. The van der Waals surface area contributed by atoms with Gasteiger partial charge in [-0.15, -0.1) is 0 Å². The fourth-order valence-corrected chi connectivity index (χ4v) is 2.57. The van der Waals surface area contributed by atoms with Crippen molar-refractivity contribution in [2.75, 3.05) is 20.1 Å². The van der Waals surface area contributed by atoms with Crippen LogP contribution in [0.5, 0.6) is 0 Å². The SMILES string of the molecule is CC1=CCCC2CN(C)CC12. The van der Waals surface area contributed by atoms with Gasteiger partial charge in [0.15, 0.2) is 0 Å². The van der Waals surface area contributed by atoms with Gasteiger partial charge in [0, 0.05) is 13.1 Å². The lowest BCUT2D eigenvalue weighted by molar-refractivity contribution is 0.387. The van der Waals surface area contributed by atoms with Gasteiger partial charge in [0.1, 0.15) is 0 Å². The van der Waals surface area contributed by atoms with Crippen LogP contribution in [0.4, 0.5) is 0 Å². The first-order valence-electron chi connectivity index (χ1n) is 4.62. The first-order chi connectivity index (χ1) is 5.27. The number of rotatable bonds is 0. The zero-order valence-electron chi connectivity index (χ0n) is 7.51. The van der Waals surface area contributed by atoms with E-state index in [2.05, 4.69) is 24.9 Å². The summed E-state index contributed by atoms with van der Waals surface area (Å²) in [6.07, 6.45) is 5.17. The summed E-state index contributed by atoms with van der Waals surface area (Å²) in [5.74, 6) is 1.87. The maximum absolute atomic E-state index is 2.47. The van der Waals surface area contributed by atoms with Crippen molar-refractivity contribution in [2.24, 2.45) is 11.8 Å². The van der Waals surface area contributed by atoms with Gasteiger partial charge in [-0.3, -0.25) is 0 Å². The third kappa shape index (κ3) is 1.22. The van der Waals surface area contributed by atoms with Crippen LogP contribution in [-0.4, -0.2) is 25.0 Å². The Morgan fingerprint density at radius 3 is 3.00 bits per heavy atom. The van der Waals surface area contributed by atoms with Crippen LogP contribution in [0.3, 0.4) is 0 Å². The second-order valence-electron chi connectivity index (χ2n) is 4.11. The molecule has 1 nitrogen and oxygen atoms in total. The molecule has 1 fully saturated rings.